The molecule has 11 heteroatoms. The Hall–Kier alpha value is -2.91. The number of rotatable bonds is 4. The van der Waals surface area contributed by atoms with Crippen molar-refractivity contribution in [2.45, 2.75) is 12.8 Å². The van der Waals surface area contributed by atoms with Gasteiger partial charge in [-0.3, -0.25) is 4.79 Å². The molecule has 9 nitrogen and oxygen atoms in total. The molecule has 2 aliphatic rings. The molecule has 3 aromatic rings. The Morgan fingerprint density at radius 2 is 1.79 bits per heavy atom. The van der Waals surface area contributed by atoms with Crippen molar-refractivity contribution in [1.82, 2.24) is 29.6 Å². The lowest BCUT2D eigenvalue weighted by Gasteiger charge is -2.40. The Balaban J connectivity index is 1.22. The van der Waals surface area contributed by atoms with E-state index in [1.54, 1.807) is 17.1 Å². The van der Waals surface area contributed by atoms with E-state index in [4.69, 9.17) is 23.2 Å². The van der Waals surface area contributed by atoms with Crippen LogP contribution in [-0.4, -0.2) is 74.8 Å². The fourth-order valence-corrected chi connectivity index (χ4v) is 4.93. The van der Waals surface area contributed by atoms with E-state index >= 15 is 0 Å². The van der Waals surface area contributed by atoms with Gasteiger partial charge in [0.05, 0.1) is 21.7 Å². The first-order valence-corrected chi connectivity index (χ1v) is 11.8. The zero-order valence-corrected chi connectivity index (χ0v) is 19.5. The number of aromatic nitrogens is 5. The monoisotopic (exact) mass is 486 g/mol. The summed E-state index contributed by atoms with van der Waals surface area (Å²) in [6.07, 6.45) is 6.42. The van der Waals surface area contributed by atoms with Crippen LogP contribution in [0.15, 0.2) is 43.2 Å². The van der Waals surface area contributed by atoms with Crippen molar-refractivity contribution in [2.24, 2.45) is 5.92 Å². The van der Waals surface area contributed by atoms with Gasteiger partial charge in [-0.25, -0.2) is 19.6 Å². The molecule has 33 heavy (non-hydrogen) atoms. The minimum Gasteiger partial charge on any atom is -0.367 e. The lowest BCUT2D eigenvalue weighted by atomic mass is 9.96. The third-order valence-electron chi connectivity index (χ3n) is 6.25. The minimum absolute atomic E-state index is 0.0511. The zero-order valence-electron chi connectivity index (χ0n) is 18.0. The van der Waals surface area contributed by atoms with Gasteiger partial charge in [0.25, 0.3) is 0 Å². The Morgan fingerprint density at radius 1 is 0.970 bits per heavy atom. The number of carbonyl (C=O) groups excluding carboxylic acids is 1. The van der Waals surface area contributed by atoms with Gasteiger partial charge in [0.1, 0.15) is 24.8 Å². The molecule has 2 aliphatic heterocycles. The summed E-state index contributed by atoms with van der Waals surface area (Å²) < 4.78 is 1.60. The number of carbonyl (C=O) groups is 1. The van der Waals surface area contributed by atoms with E-state index in [0.717, 1.165) is 44.0 Å². The molecule has 1 amide bonds. The molecular weight excluding hydrogens is 463 g/mol. The van der Waals surface area contributed by atoms with Gasteiger partial charge in [0, 0.05) is 45.3 Å². The number of nitrogens with zero attached hydrogens (tertiary/aromatic N) is 8. The molecule has 0 bridgehead atoms. The van der Waals surface area contributed by atoms with Gasteiger partial charge >= 0.3 is 0 Å². The van der Waals surface area contributed by atoms with Gasteiger partial charge in [-0.05, 0) is 25.0 Å². The SMILES string of the molecule is O=C(C1CCCN(c2cc(-n3cncn3)ncn2)C1)N1CCN(c2cccc(Cl)c2Cl)CC1. The summed E-state index contributed by atoms with van der Waals surface area (Å²) in [7, 11) is 0. The van der Waals surface area contributed by atoms with Crippen LogP contribution in [-0.2, 0) is 4.79 Å². The second-order valence-corrected chi connectivity index (χ2v) is 9.03. The summed E-state index contributed by atoms with van der Waals surface area (Å²) >= 11 is 12.6. The molecular formula is C22H24Cl2N8O. The number of hydrogen-bond donors (Lipinski definition) is 0. The molecule has 172 valence electrons. The van der Waals surface area contributed by atoms with Gasteiger partial charge in [0.2, 0.25) is 5.91 Å². The molecule has 2 aromatic heterocycles. The van der Waals surface area contributed by atoms with Crippen LogP contribution in [0.5, 0.6) is 0 Å². The number of benzene rings is 1. The minimum atomic E-state index is -0.0511. The molecule has 0 spiro atoms. The first-order valence-electron chi connectivity index (χ1n) is 11.0. The summed E-state index contributed by atoms with van der Waals surface area (Å²) in [5, 5.41) is 5.25. The average molecular weight is 487 g/mol. The highest BCUT2D eigenvalue weighted by Gasteiger charge is 2.32. The molecule has 4 heterocycles. The second kappa shape index (κ2) is 9.52. The number of amides is 1. The molecule has 0 radical (unpaired) electrons. The van der Waals surface area contributed by atoms with Crippen LogP contribution in [0.3, 0.4) is 0 Å². The van der Waals surface area contributed by atoms with E-state index in [1.807, 2.05) is 23.1 Å². The van der Waals surface area contributed by atoms with E-state index in [-0.39, 0.29) is 11.8 Å². The largest absolute Gasteiger partial charge is 0.367 e. The lowest BCUT2D eigenvalue weighted by Crippen LogP contribution is -2.52. The van der Waals surface area contributed by atoms with Crippen molar-refractivity contribution in [3.8, 4) is 5.82 Å². The molecule has 1 aromatic carbocycles. The molecule has 1 atom stereocenters. The lowest BCUT2D eigenvalue weighted by molar-refractivity contribution is -0.136. The van der Waals surface area contributed by atoms with Gasteiger partial charge in [-0.15, -0.1) is 0 Å². The molecule has 2 fully saturated rings. The van der Waals surface area contributed by atoms with E-state index in [9.17, 15) is 4.79 Å². The van der Waals surface area contributed by atoms with Crippen LogP contribution in [0.25, 0.3) is 5.82 Å². The number of anilines is 2. The third kappa shape index (κ3) is 4.60. The maximum absolute atomic E-state index is 13.3. The van der Waals surface area contributed by atoms with Crippen LogP contribution in [0.4, 0.5) is 11.5 Å². The van der Waals surface area contributed by atoms with Crippen molar-refractivity contribution in [3.63, 3.8) is 0 Å². The molecule has 0 aliphatic carbocycles. The van der Waals surface area contributed by atoms with Gasteiger partial charge in [-0.1, -0.05) is 29.3 Å². The second-order valence-electron chi connectivity index (χ2n) is 8.24. The summed E-state index contributed by atoms with van der Waals surface area (Å²) in [5.74, 6) is 1.61. The highest BCUT2D eigenvalue weighted by Crippen LogP contribution is 2.33. The first-order chi connectivity index (χ1) is 16.1. The highest BCUT2D eigenvalue weighted by atomic mass is 35.5. The summed E-state index contributed by atoms with van der Waals surface area (Å²) in [4.78, 5) is 32.3. The topological polar surface area (TPSA) is 83.3 Å². The van der Waals surface area contributed by atoms with E-state index in [1.165, 1.54) is 12.7 Å². The number of halogens is 2. The molecule has 2 saturated heterocycles. The molecule has 0 N–H and O–H groups in total. The third-order valence-corrected chi connectivity index (χ3v) is 7.06. The van der Waals surface area contributed by atoms with Gasteiger partial charge in [0.15, 0.2) is 5.82 Å². The van der Waals surface area contributed by atoms with Crippen LogP contribution < -0.4 is 9.80 Å². The van der Waals surface area contributed by atoms with E-state index in [2.05, 4.69) is 29.9 Å². The molecule has 0 saturated carbocycles. The van der Waals surface area contributed by atoms with Crippen molar-refractivity contribution in [2.75, 3.05) is 49.1 Å². The number of piperazine rings is 1. The predicted molar refractivity (Wildman–Crippen MR) is 127 cm³/mol. The maximum atomic E-state index is 13.3. The van der Waals surface area contributed by atoms with Crippen molar-refractivity contribution >= 4 is 40.6 Å². The van der Waals surface area contributed by atoms with Crippen molar-refractivity contribution < 1.29 is 4.79 Å². The fraction of sp³-hybridized carbons (Fsp3) is 0.409. The van der Waals surface area contributed by atoms with E-state index in [0.29, 0.717) is 35.5 Å². The van der Waals surface area contributed by atoms with Crippen molar-refractivity contribution in [3.05, 3.63) is 53.3 Å². The predicted octanol–water partition coefficient (Wildman–Crippen LogP) is 2.93. The summed E-state index contributed by atoms with van der Waals surface area (Å²) in [5.41, 5.74) is 0.923. The smallest absolute Gasteiger partial charge is 0.227 e. The van der Waals surface area contributed by atoms with Crippen molar-refractivity contribution in [1.29, 1.82) is 0 Å². The fourth-order valence-electron chi connectivity index (χ4n) is 4.51. The van der Waals surface area contributed by atoms with E-state index < -0.39 is 0 Å². The molecule has 5 rings (SSSR count). The number of piperidine rings is 1. The number of hydrogen-bond acceptors (Lipinski definition) is 7. The quantitative estimate of drug-likeness (QED) is 0.560. The van der Waals surface area contributed by atoms with Gasteiger partial charge < -0.3 is 14.7 Å². The normalized spacial score (nSPS) is 19.1. The van der Waals surface area contributed by atoms with Crippen LogP contribution in [0, 0.1) is 5.92 Å². The average Bonchev–Trinajstić information content (AvgIpc) is 3.41. The van der Waals surface area contributed by atoms with Crippen LogP contribution in [0.2, 0.25) is 10.0 Å². The standard InChI is InChI=1S/C22H24Cl2N8O/c23-17-4-1-5-18(21(17)24)29-7-9-30(10-8-29)22(33)16-3-2-6-31(12-16)19-11-20(27-14-26-19)32-15-25-13-28-32/h1,4-5,11,13-16H,2-3,6-10,12H2. The Kier molecular flexibility index (Phi) is 6.32. The Bertz CT molecular complexity index is 1120. The highest BCUT2D eigenvalue weighted by molar-refractivity contribution is 6.43. The first kappa shape index (κ1) is 21.9. The zero-order chi connectivity index (χ0) is 22.8. The maximum Gasteiger partial charge on any atom is 0.227 e. The Morgan fingerprint density at radius 3 is 2.58 bits per heavy atom. The Labute approximate surface area is 201 Å². The summed E-state index contributed by atoms with van der Waals surface area (Å²) in [6.45, 7) is 4.31. The van der Waals surface area contributed by atoms with Crippen LogP contribution >= 0.6 is 23.2 Å². The van der Waals surface area contributed by atoms with Gasteiger partial charge in [-0.2, -0.15) is 5.10 Å². The van der Waals surface area contributed by atoms with Crippen LogP contribution in [0.1, 0.15) is 12.8 Å². The summed E-state index contributed by atoms with van der Waals surface area (Å²) in [6, 6.07) is 7.54. The molecule has 1 unspecified atom stereocenters.